The van der Waals surface area contributed by atoms with Crippen LogP contribution in [0.1, 0.15) is 6.92 Å². The van der Waals surface area contributed by atoms with Gasteiger partial charge in [0.2, 0.25) is 5.91 Å². The molecular weight excluding hydrogens is 294 g/mol. The van der Waals surface area contributed by atoms with E-state index in [0.29, 0.717) is 13.1 Å². The van der Waals surface area contributed by atoms with Crippen LogP contribution in [0.25, 0.3) is 0 Å². The van der Waals surface area contributed by atoms with Crippen LogP contribution in [-0.2, 0) is 4.79 Å². The average molecular weight is 321 g/mol. The third-order valence-electron chi connectivity index (χ3n) is 4.29. The Morgan fingerprint density at radius 3 is 2.39 bits per heavy atom. The van der Waals surface area contributed by atoms with Gasteiger partial charge < -0.3 is 19.6 Å². The number of amides is 1. The van der Waals surface area contributed by atoms with Crippen molar-refractivity contribution in [3.05, 3.63) is 24.3 Å². The van der Waals surface area contributed by atoms with Crippen molar-refractivity contribution in [3.63, 3.8) is 0 Å². The quantitative estimate of drug-likeness (QED) is 0.799. The van der Waals surface area contributed by atoms with Gasteiger partial charge in [-0.05, 0) is 30.8 Å². The van der Waals surface area contributed by atoms with Gasteiger partial charge in [-0.2, -0.15) is 0 Å². The summed E-state index contributed by atoms with van der Waals surface area (Å²) in [4.78, 5) is 18.5. The fraction of sp³-hybridized carbons (Fsp3) is 0.588. The van der Waals surface area contributed by atoms with Crippen molar-refractivity contribution in [2.75, 3.05) is 64.4 Å². The summed E-state index contributed by atoms with van der Waals surface area (Å²) in [5, 5.41) is 9.01. The molecule has 0 bridgehead atoms. The zero-order chi connectivity index (χ0) is 16.7. The molecule has 0 aliphatic carbocycles. The van der Waals surface area contributed by atoms with E-state index < -0.39 is 0 Å². The molecular formula is C17H27N3O3. The van der Waals surface area contributed by atoms with Crippen molar-refractivity contribution in [1.29, 1.82) is 0 Å². The minimum absolute atomic E-state index is 0.0897. The van der Waals surface area contributed by atoms with Crippen LogP contribution in [0.4, 0.5) is 5.69 Å². The van der Waals surface area contributed by atoms with E-state index in [1.807, 2.05) is 28.9 Å². The van der Waals surface area contributed by atoms with Gasteiger partial charge in [0.1, 0.15) is 5.75 Å². The third kappa shape index (κ3) is 4.84. The molecule has 0 spiro atoms. The molecule has 1 aromatic carbocycles. The molecule has 1 fully saturated rings. The van der Waals surface area contributed by atoms with E-state index in [2.05, 4.69) is 17.0 Å². The Morgan fingerprint density at radius 1 is 1.22 bits per heavy atom. The predicted octanol–water partition coefficient (Wildman–Crippen LogP) is 0.658. The number of aliphatic hydroxyl groups is 1. The van der Waals surface area contributed by atoms with Crippen molar-refractivity contribution in [3.8, 4) is 5.75 Å². The largest absolute Gasteiger partial charge is 0.497 e. The zero-order valence-electron chi connectivity index (χ0n) is 14.1. The fourth-order valence-electron chi connectivity index (χ4n) is 2.79. The Bertz CT molecular complexity index is 484. The predicted molar refractivity (Wildman–Crippen MR) is 91.0 cm³/mol. The van der Waals surface area contributed by atoms with Crippen molar-refractivity contribution in [2.45, 2.75) is 6.92 Å². The lowest BCUT2D eigenvalue weighted by molar-refractivity contribution is -0.132. The molecule has 1 aliphatic rings. The number of aliphatic hydroxyl groups excluding tert-OH is 1. The lowest BCUT2D eigenvalue weighted by atomic mass is 10.2. The van der Waals surface area contributed by atoms with Crippen LogP contribution in [-0.4, -0.2) is 80.3 Å². The van der Waals surface area contributed by atoms with Crippen LogP contribution in [0.3, 0.4) is 0 Å². The van der Waals surface area contributed by atoms with Crippen LogP contribution in [0.2, 0.25) is 0 Å². The van der Waals surface area contributed by atoms with Crippen LogP contribution in [0, 0.1) is 0 Å². The summed E-state index contributed by atoms with van der Waals surface area (Å²) < 4.78 is 5.18. The molecule has 128 valence electrons. The molecule has 0 saturated carbocycles. The maximum absolute atomic E-state index is 12.3. The van der Waals surface area contributed by atoms with E-state index in [1.54, 1.807) is 7.11 Å². The van der Waals surface area contributed by atoms with Crippen LogP contribution in [0.5, 0.6) is 5.75 Å². The van der Waals surface area contributed by atoms with Crippen molar-refractivity contribution >= 4 is 11.6 Å². The fourth-order valence-corrected chi connectivity index (χ4v) is 2.79. The Kier molecular flexibility index (Phi) is 6.67. The van der Waals surface area contributed by atoms with Gasteiger partial charge in [-0.3, -0.25) is 9.69 Å². The maximum atomic E-state index is 12.3. The van der Waals surface area contributed by atoms with E-state index in [-0.39, 0.29) is 12.5 Å². The van der Waals surface area contributed by atoms with Gasteiger partial charge in [-0.25, -0.2) is 0 Å². The molecule has 1 aliphatic heterocycles. The first kappa shape index (κ1) is 17.6. The summed E-state index contributed by atoms with van der Waals surface area (Å²) in [7, 11) is 1.66. The molecule has 0 atom stereocenters. The summed E-state index contributed by atoms with van der Waals surface area (Å²) in [6.45, 7) is 6.96. The minimum Gasteiger partial charge on any atom is -0.497 e. The van der Waals surface area contributed by atoms with Crippen LogP contribution >= 0.6 is 0 Å². The van der Waals surface area contributed by atoms with Gasteiger partial charge in [0.05, 0.1) is 20.3 Å². The number of hydrogen-bond acceptors (Lipinski definition) is 5. The first-order chi connectivity index (χ1) is 11.2. The molecule has 1 N–H and O–H groups in total. The summed E-state index contributed by atoms with van der Waals surface area (Å²) in [5.41, 5.74) is 1.16. The minimum atomic E-state index is 0.0897. The SMILES string of the molecule is CCN(CCO)CC(=O)N1CCN(c2ccc(OC)cc2)CC1. The lowest BCUT2D eigenvalue weighted by Gasteiger charge is -2.37. The number of hydrogen-bond donors (Lipinski definition) is 1. The molecule has 2 rings (SSSR count). The van der Waals surface area contributed by atoms with Gasteiger partial charge in [-0.1, -0.05) is 6.92 Å². The topological polar surface area (TPSA) is 56.2 Å². The highest BCUT2D eigenvalue weighted by Crippen LogP contribution is 2.20. The highest BCUT2D eigenvalue weighted by molar-refractivity contribution is 5.78. The second kappa shape index (κ2) is 8.74. The molecule has 0 radical (unpaired) electrons. The van der Waals surface area contributed by atoms with Gasteiger partial charge in [0.25, 0.3) is 0 Å². The molecule has 0 unspecified atom stereocenters. The molecule has 1 amide bonds. The first-order valence-electron chi connectivity index (χ1n) is 8.18. The maximum Gasteiger partial charge on any atom is 0.236 e. The molecule has 1 saturated heterocycles. The number of carbonyl (C=O) groups is 1. The molecule has 23 heavy (non-hydrogen) atoms. The summed E-state index contributed by atoms with van der Waals surface area (Å²) in [6.07, 6.45) is 0. The molecule has 1 heterocycles. The Morgan fingerprint density at radius 2 is 1.87 bits per heavy atom. The number of benzene rings is 1. The standard InChI is InChI=1S/C17H27N3O3/c1-3-18(12-13-21)14-17(22)20-10-8-19(9-11-20)15-4-6-16(23-2)7-5-15/h4-7,21H,3,8-14H2,1-2H3. The number of likely N-dealkylation sites (N-methyl/N-ethyl adjacent to an activating group) is 1. The van der Waals surface area contributed by atoms with Crippen LogP contribution < -0.4 is 9.64 Å². The Labute approximate surface area is 138 Å². The van der Waals surface area contributed by atoms with Gasteiger partial charge >= 0.3 is 0 Å². The first-order valence-corrected chi connectivity index (χ1v) is 8.18. The number of carbonyl (C=O) groups excluding carboxylic acids is 1. The van der Waals surface area contributed by atoms with Crippen molar-refractivity contribution < 1.29 is 14.6 Å². The second-order valence-corrected chi connectivity index (χ2v) is 5.66. The van der Waals surface area contributed by atoms with Gasteiger partial charge in [-0.15, -0.1) is 0 Å². The molecule has 6 heteroatoms. The normalized spacial score (nSPS) is 15.1. The Hall–Kier alpha value is -1.79. The summed E-state index contributed by atoms with van der Waals surface area (Å²) in [6, 6.07) is 8.02. The Balaban J connectivity index is 1.83. The molecule has 6 nitrogen and oxygen atoms in total. The second-order valence-electron chi connectivity index (χ2n) is 5.66. The third-order valence-corrected chi connectivity index (χ3v) is 4.29. The van der Waals surface area contributed by atoms with E-state index in [0.717, 1.165) is 44.2 Å². The van der Waals surface area contributed by atoms with E-state index in [1.165, 1.54) is 0 Å². The number of ether oxygens (including phenoxy) is 1. The van der Waals surface area contributed by atoms with Crippen molar-refractivity contribution in [1.82, 2.24) is 9.80 Å². The van der Waals surface area contributed by atoms with E-state index in [9.17, 15) is 4.79 Å². The summed E-state index contributed by atoms with van der Waals surface area (Å²) in [5.74, 6) is 1.00. The highest BCUT2D eigenvalue weighted by Gasteiger charge is 2.22. The van der Waals surface area contributed by atoms with Crippen molar-refractivity contribution in [2.24, 2.45) is 0 Å². The monoisotopic (exact) mass is 321 g/mol. The van der Waals surface area contributed by atoms with Gasteiger partial charge in [0, 0.05) is 38.4 Å². The smallest absolute Gasteiger partial charge is 0.236 e. The number of nitrogens with zero attached hydrogens (tertiary/aromatic N) is 3. The summed E-state index contributed by atoms with van der Waals surface area (Å²) >= 11 is 0. The number of piperazine rings is 1. The number of methoxy groups -OCH3 is 1. The van der Waals surface area contributed by atoms with Crippen LogP contribution in [0.15, 0.2) is 24.3 Å². The van der Waals surface area contributed by atoms with E-state index in [4.69, 9.17) is 9.84 Å². The lowest BCUT2D eigenvalue weighted by Crippen LogP contribution is -2.51. The number of anilines is 1. The molecule has 1 aromatic rings. The molecule has 0 aromatic heterocycles. The van der Waals surface area contributed by atoms with Gasteiger partial charge in [0.15, 0.2) is 0 Å². The zero-order valence-corrected chi connectivity index (χ0v) is 14.1. The van der Waals surface area contributed by atoms with E-state index >= 15 is 0 Å². The number of rotatable bonds is 7. The average Bonchev–Trinajstić information content (AvgIpc) is 2.61. The highest BCUT2D eigenvalue weighted by atomic mass is 16.5.